The molecule has 136 valence electrons. The van der Waals surface area contributed by atoms with E-state index in [9.17, 15) is 4.39 Å². The summed E-state index contributed by atoms with van der Waals surface area (Å²) in [6.07, 6.45) is 6.97. The lowest BCUT2D eigenvalue weighted by molar-refractivity contribution is 0.327. The highest BCUT2D eigenvalue weighted by Gasteiger charge is 2.13. The Bertz CT molecular complexity index is 1090. The van der Waals surface area contributed by atoms with E-state index >= 15 is 0 Å². The zero-order valence-corrected chi connectivity index (χ0v) is 15.0. The lowest BCUT2D eigenvalue weighted by Gasteiger charge is -2.07. The molecule has 0 aromatic carbocycles. The van der Waals surface area contributed by atoms with Crippen LogP contribution in [0.2, 0.25) is 0 Å². The van der Waals surface area contributed by atoms with E-state index in [1.807, 2.05) is 26.1 Å². The van der Waals surface area contributed by atoms with E-state index in [2.05, 4.69) is 24.9 Å². The third-order valence-corrected chi connectivity index (χ3v) is 4.40. The van der Waals surface area contributed by atoms with E-state index in [-0.39, 0.29) is 0 Å². The molecule has 4 rings (SSSR count). The zero-order chi connectivity index (χ0) is 18.8. The van der Waals surface area contributed by atoms with Crippen molar-refractivity contribution in [3.63, 3.8) is 0 Å². The largest absolute Gasteiger partial charge is 0.478 e. The first kappa shape index (κ1) is 17.1. The molecular weight excluding hydrogens is 345 g/mol. The number of fused-ring (bicyclic) bond motifs is 1. The number of H-pyrrole nitrogens is 1. The standard InChI is InChI=1S/C20H18FN5O/c1-3-27-17-5-4-13(8-22-17)15-6-14(19(21)23-9-15)7-16-10-24-20-18(16)12(2)25-11-26-20/h4-6,8-11H,3,7H2,1-2H3,(H,24,25,26). The highest BCUT2D eigenvalue weighted by Crippen LogP contribution is 2.26. The number of halogens is 1. The van der Waals surface area contributed by atoms with Crippen molar-refractivity contribution in [1.82, 2.24) is 24.9 Å². The summed E-state index contributed by atoms with van der Waals surface area (Å²) in [5, 5.41) is 0.921. The normalized spacial score (nSPS) is 11.1. The van der Waals surface area contributed by atoms with Gasteiger partial charge in [0.2, 0.25) is 11.8 Å². The average molecular weight is 363 g/mol. The van der Waals surface area contributed by atoms with Gasteiger partial charge >= 0.3 is 0 Å². The number of ether oxygens (including phenoxy) is 1. The molecule has 0 aliphatic carbocycles. The Balaban J connectivity index is 1.68. The fraction of sp³-hybridized carbons (Fsp3) is 0.200. The van der Waals surface area contributed by atoms with Gasteiger partial charge in [-0.2, -0.15) is 4.39 Å². The van der Waals surface area contributed by atoms with Crippen LogP contribution in [0.3, 0.4) is 0 Å². The van der Waals surface area contributed by atoms with Crippen molar-refractivity contribution < 1.29 is 9.13 Å². The molecule has 0 aliphatic rings. The summed E-state index contributed by atoms with van der Waals surface area (Å²) in [7, 11) is 0. The molecule has 0 aliphatic heterocycles. The minimum Gasteiger partial charge on any atom is -0.478 e. The fourth-order valence-corrected chi connectivity index (χ4v) is 3.10. The molecule has 1 N–H and O–H groups in total. The number of nitrogens with one attached hydrogen (secondary N) is 1. The van der Waals surface area contributed by atoms with Crippen LogP contribution in [0, 0.1) is 12.9 Å². The molecule has 4 heterocycles. The van der Waals surface area contributed by atoms with Gasteiger partial charge in [0.05, 0.1) is 12.3 Å². The molecule has 6 nitrogen and oxygen atoms in total. The van der Waals surface area contributed by atoms with Crippen LogP contribution in [0.15, 0.2) is 43.1 Å². The van der Waals surface area contributed by atoms with Crippen LogP contribution < -0.4 is 4.74 Å². The molecular formula is C20H18FN5O. The van der Waals surface area contributed by atoms with Gasteiger partial charge in [-0.15, -0.1) is 0 Å². The van der Waals surface area contributed by atoms with Gasteiger partial charge < -0.3 is 9.72 Å². The number of nitrogens with zero attached hydrogens (tertiary/aromatic N) is 4. The first-order valence-electron chi connectivity index (χ1n) is 8.67. The average Bonchev–Trinajstić information content (AvgIpc) is 3.09. The molecule has 0 amide bonds. The second-order valence-corrected chi connectivity index (χ2v) is 6.17. The molecule has 0 saturated carbocycles. The van der Waals surface area contributed by atoms with Crippen LogP contribution in [0.5, 0.6) is 5.88 Å². The van der Waals surface area contributed by atoms with Crippen LogP contribution in [-0.2, 0) is 6.42 Å². The van der Waals surface area contributed by atoms with E-state index in [0.29, 0.717) is 24.5 Å². The third kappa shape index (κ3) is 3.36. The number of rotatable bonds is 5. The Kier molecular flexibility index (Phi) is 4.50. The number of pyridine rings is 2. The summed E-state index contributed by atoms with van der Waals surface area (Å²) in [6, 6.07) is 5.49. The summed E-state index contributed by atoms with van der Waals surface area (Å²) in [5.41, 5.74) is 4.70. The van der Waals surface area contributed by atoms with Gasteiger partial charge in [-0.1, -0.05) is 0 Å². The maximum absolute atomic E-state index is 14.4. The second kappa shape index (κ2) is 7.11. The van der Waals surface area contributed by atoms with E-state index in [1.165, 1.54) is 12.5 Å². The summed E-state index contributed by atoms with van der Waals surface area (Å²) >= 11 is 0. The smallest absolute Gasteiger partial charge is 0.216 e. The number of aryl methyl sites for hydroxylation is 1. The van der Waals surface area contributed by atoms with E-state index in [4.69, 9.17) is 4.74 Å². The van der Waals surface area contributed by atoms with E-state index < -0.39 is 5.95 Å². The molecule has 0 bridgehead atoms. The second-order valence-electron chi connectivity index (χ2n) is 6.17. The lowest BCUT2D eigenvalue weighted by atomic mass is 10.0. The predicted octanol–water partition coefficient (Wildman–Crippen LogP) is 3.85. The lowest BCUT2D eigenvalue weighted by Crippen LogP contribution is -1.98. The molecule has 0 unspecified atom stereocenters. The monoisotopic (exact) mass is 363 g/mol. The summed E-state index contributed by atoms with van der Waals surface area (Å²) in [4.78, 5) is 19.8. The van der Waals surface area contributed by atoms with Gasteiger partial charge in [0.25, 0.3) is 0 Å². The van der Waals surface area contributed by atoms with Crippen molar-refractivity contribution in [2.24, 2.45) is 0 Å². The number of aromatic amines is 1. The maximum Gasteiger partial charge on any atom is 0.216 e. The van der Waals surface area contributed by atoms with Crippen molar-refractivity contribution in [2.75, 3.05) is 6.61 Å². The highest BCUT2D eigenvalue weighted by atomic mass is 19.1. The molecule has 0 spiro atoms. The minimum absolute atomic E-state index is 0.394. The molecule has 4 aromatic heterocycles. The van der Waals surface area contributed by atoms with Crippen molar-refractivity contribution in [3.05, 3.63) is 65.9 Å². The number of hydrogen-bond donors (Lipinski definition) is 1. The fourth-order valence-electron chi connectivity index (χ4n) is 3.10. The quantitative estimate of drug-likeness (QED) is 0.545. The van der Waals surface area contributed by atoms with E-state index in [1.54, 1.807) is 18.3 Å². The minimum atomic E-state index is -0.485. The first-order chi connectivity index (χ1) is 13.2. The maximum atomic E-state index is 14.4. The Morgan fingerprint density at radius 1 is 1.04 bits per heavy atom. The van der Waals surface area contributed by atoms with Gasteiger partial charge in [0.15, 0.2) is 0 Å². The molecule has 0 atom stereocenters. The van der Waals surface area contributed by atoms with Crippen LogP contribution in [-0.4, -0.2) is 31.5 Å². The molecule has 0 fully saturated rings. The van der Waals surface area contributed by atoms with Gasteiger partial charge in [-0.25, -0.2) is 19.9 Å². The summed E-state index contributed by atoms with van der Waals surface area (Å²) < 4.78 is 19.7. The predicted molar refractivity (Wildman–Crippen MR) is 100 cm³/mol. The summed E-state index contributed by atoms with van der Waals surface area (Å²) in [5.74, 6) is 0.0762. The Labute approximate surface area is 155 Å². The van der Waals surface area contributed by atoms with E-state index in [0.717, 1.165) is 33.4 Å². The topological polar surface area (TPSA) is 76.6 Å². The SMILES string of the molecule is CCOc1ccc(-c2cnc(F)c(Cc3c[nH]c4ncnc(C)c34)c2)cn1. The third-order valence-electron chi connectivity index (χ3n) is 4.40. The van der Waals surface area contributed by atoms with Gasteiger partial charge in [-0.05, 0) is 31.5 Å². The Hall–Kier alpha value is -3.35. The molecule has 0 radical (unpaired) electrons. The van der Waals surface area contributed by atoms with Gasteiger partial charge in [0.1, 0.15) is 12.0 Å². The zero-order valence-electron chi connectivity index (χ0n) is 15.0. The van der Waals surface area contributed by atoms with Crippen molar-refractivity contribution in [2.45, 2.75) is 20.3 Å². The Morgan fingerprint density at radius 3 is 2.67 bits per heavy atom. The first-order valence-corrected chi connectivity index (χ1v) is 8.67. The molecule has 0 saturated heterocycles. The van der Waals surface area contributed by atoms with Crippen molar-refractivity contribution in [3.8, 4) is 17.0 Å². The number of hydrogen-bond acceptors (Lipinski definition) is 5. The highest BCUT2D eigenvalue weighted by molar-refractivity contribution is 5.82. The number of aromatic nitrogens is 5. The Morgan fingerprint density at radius 2 is 1.89 bits per heavy atom. The molecule has 27 heavy (non-hydrogen) atoms. The molecule has 7 heteroatoms. The van der Waals surface area contributed by atoms with Crippen LogP contribution in [0.1, 0.15) is 23.7 Å². The van der Waals surface area contributed by atoms with Gasteiger partial charge in [0, 0.05) is 53.2 Å². The van der Waals surface area contributed by atoms with Crippen LogP contribution in [0.4, 0.5) is 4.39 Å². The van der Waals surface area contributed by atoms with Crippen molar-refractivity contribution in [1.29, 1.82) is 0 Å². The molecule has 4 aromatic rings. The van der Waals surface area contributed by atoms with Crippen LogP contribution >= 0.6 is 0 Å². The van der Waals surface area contributed by atoms with Gasteiger partial charge in [-0.3, -0.25) is 0 Å². The van der Waals surface area contributed by atoms with Crippen molar-refractivity contribution >= 4 is 11.0 Å². The summed E-state index contributed by atoms with van der Waals surface area (Å²) in [6.45, 7) is 4.38. The van der Waals surface area contributed by atoms with Crippen LogP contribution in [0.25, 0.3) is 22.2 Å².